The van der Waals surface area contributed by atoms with Gasteiger partial charge in [-0.2, -0.15) is 0 Å². The highest BCUT2D eigenvalue weighted by atomic mass is 19.1. The molecule has 1 N–H and O–H groups in total. The van der Waals surface area contributed by atoms with Gasteiger partial charge in [0.15, 0.2) is 0 Å². The number of hydrogen-bond acceptors (Lipinski definition) is 1. The largest absolute Gasteiger partial charge is 0.314 e. The topological polar surface area (TPSA) is 12.0 Å². The Morgan fingerprint density at radius 3 is 2.75 bits per heavy atom. The van der Waals surface area contributed by atoms with Crippen molar-refractivity contribution in [1.82, 2.24) is 5.32 Å². The zero-order valence-electron chi connectivity index (χ0n) is 13.2. The summed E-state index contributed by atoms with van der Waals surface area (Å²) in [5.41, 5.74) is 2.10. The van der Waals surface area contributed by atoms with Gasteiger partial charge in [-0.3, -0.25) is 0 Å². The molecule has 1 aliphatic rings. The quantitative estimate of drug-likeness (QED) is 0.844. The second-order valence-corrected chi connectivity index (χ2v) is 6.87. The molecule has 0 aromatic heterocycles. The predicted molar refractivity (Wildman–Crippen MR) is 83.5 cm³/mol. The van der Waals surface area contributed by atoms with E-state index < -0.39 is 0 Å². The third kappa shape index (κ3) is 3.82. The van der Waals surface area contributed by atoms with Crippen LogP contribution in [0.3, 0.4) is 0 Å². The Balaban J connectivity index is 2.20. The molecule has 2 rings (SSSR count). The molecule has 1 fully saturated rings. The highest BCUT2D eigenvalue weighted by Gasteiger charge is 2.31. The SMILES string of the molecule is Cc1ccc(F)c(C2CC(C)CCC2CNC(C)C)c1. The van der Waals surface area contributed by atoms with Gasteiger partial charge in [0.05, 0.1) is 0 Å². The summed E-state index contributed by atoms with van der Waals surface area (Å²) in [6.45, 7) is 9.70. The van der Waals surface area contributed by atoms with Crippen molar-refractivity contribution in [2.24, 2.45) is 11.8 Å². The average molecular weight is 277 g/mol. The Labute approximate surface area is 123 Å². The van der Waals surface area contributed by atoms with Crippen LogP contribution in [0.1, 0.15) is 57.1 Å². The standard InChI is InChI=1S/C18H28FN/c1-12(2)20-11-15-7-5-13(3)9-16(15)17-10-14(4)6-8-18(17)19/h6,8,10,12-13,15-16,20H,5,7,9,11H2,1-4H3. The van der Waals surface area contributed by atoms with Crippen LogP contribution in [0, 0.1) is 24.6 Å². The summed E-state index contributed by atoms with van der Waals surface area (Å²) in [4.78, 5) is 0. The van der Waals surface area contributed by atoms with E-state index in [2.05, 4.69) is 39.1 Å². The average Bonchev–Trinajstić information content (AvgIpc) is 2.40. The summed E-state index contributed by atoms with van der Waals surface area (Å²) in [5.74, 6) is 1.61. The van der Waals surface area contributed by atoms with Crippen molar-refractivity contribution in [2.75, 3.05) is 6.54 Å². The van der Waals surface area contributed by atoms with Crippen LogP contribution in [-0.2, 0) is 0 Å². The zero-order valence-corrected chi connectivity index (χ0v) is 13.2. The molecular formula is C18H28FN. The summed E-state index contributed by atoms with van der Waals surface area (Å²) >= 11 is 0. The van der Waals surface area contributed by atoms with Crippen molar-refractivity contribution in [3.05, 3.63) is 35.1 Å². The van der Waals surface area contributed by atoms with E-state index in [1.165, 1.54) is 12.8 Å². The molecule has 0 heterocycles. The van der Waals surface area contributed by atoms with Crippen LogP contribution in [0.2, 0.25) is 0 Å². The van der Waals surface area contributed by atoms with Gasteiger partial charge in [0, 0.05) is 6.04 Å². The minimum absolute atomic E-state index is 0.0238. The molecule has 0 aliphatic heterocycles. The predicted octanol–water partition coefficient (Wildman–Crippen LogP) is 4.65. The lowest BCUT2D eigenvalue weighted by Gasteiger charge is -2.36. The Morgan fingerprint density at radius 1 is 1.30 bits per heavy atom. The van der Waals surface area contributed by atoms with Gasteiger partial charge in [-0.05, 0) is 55.7 Å². The maximum Gasteiger partial charge on any atom is 0.126 e. The van der Waals surface area contributed by atoms with Gasteiger partial charge >= 0.3 is 0 Å². The number of rotatable bonds is 4. The van der Waals surface area contributed by atoms with Crippen LogP contribution >= 0.6 is 0 Å². The molecule has 1 aromatic rings. The van der Waals surface area contributed by atoms with Crippen LogP contribution < -0.4 is 5.32 Å². The normalized spacial score (nSPS) is 27.0. The van der Waals surface area contributed by atoms with E-state index in [0.717, 1.165) is 24.1 Å². The highest BCUT2D eigenvalue weighted by Crippen LogP contribution is 2.41. The van der Waals surface area contributed by atoms with E-state index in [0.29, 0.717) is 23.8 Å². The summed E-state index contributed by atoms with van der Waals surface area (Å²) in [7, 11) is 0. The molecule has 0 bridgehead atoms. The second kappa shape index (κ2) is 6.71. The third-order valence-corrected chi connectivity index (χ3v) is 4.59. The molecule has 20 heavy (non-hydrogen) atoms. The number of benzene rings is 1. The number of hydrogen-bond donors (Lipinski definition) is 1. The zero-order chi connectivity index (χ0) is 14.7. The molecule has 1 aromatic carbocycles. The van der Waals surface area contributed by atoms with Gasteiger partial charge < -0.3 is 5.32 Å². The summed E-state index contributed by atoms with van der Waals surface area (Å²) in [6, 6.07) is 6.06. The summed E-state index contributed by atoms with van der Waals surface area (Å²) in [5, 5.41) is 3.54. The van der Waals surface area contributed by atoms with E-state index in [1.807, 2.05) is 6.07 Å². The lowest BCUT2D eigenvalue weighted by molar-refractivity contribution is 0.234. The van der Waals surface area contributed by atoms with Crippen molar-refractivity contribution in [3.8, 4) is 0 Å². The first-order valence-electron chi connectivity index (χ1n) is 7.96. The van der Waals surface area contributed by atoms with Crippen LogP contribution in [-0.4, -0.2) is 12.6 Å². The Morgan fingerprint density at radius 2 is 2.05 bits per heavy atom. The first-order valence-corrected chi connectivity index (χ1v) is 7.96. The third-order valence-electron chi connectivity index (χ3n) is 4.59. The molecule has 0 spiro atoms. The monoisotopic (exact) mass is 277 g/mol. The van der Waals surface area contributed by atoms with Crippen molar-refractivity contribution in [2.45, 2.75) is 58.9 Å². The lowest BCUT2D eigenvalue weighted by atomic mass is 9.71. The van der Waals surface area contributed by atoms with E-state index in [-0.39, 0.29) is 5.82 Å². The smallest absolute Gasteiger partial charge is 0.126 e. The second-order valence-electron chi connectivity index (χ2n) is 6.87. The van der Waals surface area contributed by atoms with Crippen molar-refractivity contribution >= 4 is 0 Å². The van der Waals surface area contributed by atoms with Crippen LogP contribution in [0.5, 0.6) is 0 Å². The Hall–Kier alpha value is -0.890. The molecule has 0 saturated heterocycles. The molecule has 1 aliphatic carbocycles. The van der Waals surface area contributed by atoms with Gasteiger partial charge in [-0.25, -0.2) is 4.39 Å². The van der Waals surface area contributed by atoms with Gasteiger partial charge in [-0.1, -0.05) is 44.9 Å². The maximum absolute atomic E-state index is 14.2. The lowest BCUT2D eigenvalue weighted by Crippen LogP contribution is -2.35. The van der Waals surface area contributed by atoms with Gasteiger partial charge in [0.1, 0.15) is 5.82 Å². The van der Waals surface area contributed by atoms with Crippen LogP contribution in [0.25, 0.3) is 0 Å². The molecule has 3 atom stereocenters. The van der Waals surface area contributed by atoms with E-state index in [4.69, 9.17) is 0 Å². The minimum Gasteiger partial charge on any atom is -0.314 e. The molecule has 112 valence electrons. The number of aryl methyl sites for hydroxylation is 1. The first kappa shape index (κ1) is 15.5. The van der Waals surface area contributed by atoms with Gasteiger partial charge in [0.25, 0.3) is 0 Å². The molecule has 0 radical (unpaired) electrons. The summed E-state index contributed by atoms with van der Waals surface area (Å²) < 4.78 is 14.2. The fourth-order valence-electron chi connectivity index (χ4n) is 3.40. The molecule has 3 unspecified atom stereocenters. The van der Waals surface area contributed by atoms with Gasteiger partial charge in [0.2, 0.25) is 0 Å². The van der Waals surface area contributed by atoms with E-state index in [9.17, 15) is 4.39 Å². The first-order chi connectivity index (χ1) is 9.47. The number of halogens is 1. The van der Waals surface area contributed by atoms with Crippen LogP contribution in [0.4, 0.5) is 4.39 Å². The van der Waals surface area contributed by atoms with E-state index in [1.54, 1.807) is 6.07 Å². The molecule has 1 nitrogen and oxygen atoms in total. The van der Waals surface area contributed by atoms with Gasteiger partial charge in [-0.15, -0.1) is 0 Å². The highest BCUT2D eigenvalue weighted by molar-refractivity contribution is 5.28. The Bertz CT molecular complexity index is 441. The minimum atomic E-state index is -0.0238. The fraction of sp³-hybridized carbons (Fsp3) is 0.667. The van der Waals surface area contributed by atoms with Crippen molar-refractivity contribution in [3.63, 3.8) is 0 Å². The van der Waals surface area contributed by atoms with Crippen LogP contribution in [0.15, 0.2) is 18.2 Å². The van der Waals surface area contributed by atoms with Crippen molar-refractivity contribution < 1.29 is 4.39 Å². The summed E-state index contributed by atoms with van der Waals surface area (Å²) in [6.07, 6.45) is 3.60. The fourth-order valence-corrected chi connectivity index (χ4v) is 3.40. The van der Waals surface area contributed by atoms with E-state index >= 15 is 0 Å². The molecule has 0 amide bonds. The maximum atomic E-state index is 14.2. The Kier molecular flexibility index (Phi) is 5.20. The molecular weight excluding hydrogens is 249 g/mol. The molecule has 1 saturated carbocycles. The molecule has 2 heteroatoms. The number of nitrogens with one attached hydrogen (secondary N) is 1. The van der Waals surface area contributed by atoms with Crippen molar-refractivity contribution in [1.29, 1.82) is 0 Å².